The minimum Gasteiger partial charge on any atom is -0.427 e. The first-order valence-electron chi connectivity index (χ1n) is 6.38. The average Bonchev–Trinajstić information content (AvgIpc) is 2.80. The molecular weight excluding hydrogens is 258 g/mol. The Kier molecular flexibility index (Phi) is 3.06. The van der Waals surface area contributed by atoms with Crippen molar-refractivity contribution in [3.05, 3.63) is 35.6 Å². The third kappa shape index (κ3) is 2.32. The molecule has 0 amide bonds. The van der Waals surface area contributed by atoms with Gasteiger partial charge in [-0.3, -0.25) is 4.79 Å². The molecule has 6 heteroatoms. The van der Waals surface area contributed by atoms with Crippen LogP contribution < -0.4 is 0 Å². The number of hydrogen-bond acceptors (Lipinski definition) is 5. The van der Waals surface area contributed by atoms with Crippen molar-refractivity contribution in [2.45, 2.75) is 19.3 Å². The van der Waals surface area contributed by atoms with Gasteiger partial charge in [0.25, 0.3) is 0 Å². The normalized spacial score (nSPS) is 15.2. The number of carbonyl (C=O) groups excluding carboxylic acids is 2. The van der Waals surface area contributed by atoms with Crippen LogP contribution in [0.15, 0.2) is 30.0 Å². The van der Waals surface area contributed by atoms with Crippen LogP contribution in [0.5, 0.6) is 0 Å². The number of ether oxygens (including phenoxy) is 1. The lowest BCUT2D eigenvalue weighted by molar-refractivity contribution is -0.115. The maximum atomic E-state index is 12.0. The van der Waals surface area contributed by atoms with Crippen molar-refractivity contribution >= 4 is 22.8 Å². The molecule has 0 saturated heterocycles. The Bertz CT molecular complexity index is 730. The molecule has 0 unspecified atom stereocenters. The number of benzene rings is 1. The molecule has 1 heterocycles. The molecule has 1 aliphatic carbocycles. The van der Waals surface area contributed by atoms with Crippen molar-refractivity contribution in [2.75, 3.05) is 0 Å². The van der Waals surface area contributed by atoms with E-state index in [2.05, 4.69) is 10.3 Å². The zero-order valence-corrected chi connectivity index (χ0v) is 11.0. The van der Waals surface area contributed by atoms with Gasteiger partial charge < -0.3 is 4.74 Å². The van der Waals surface area contributed by atoms with Crippen LogP contribution in [0.4, 0.5) is 0 Å². The summed E-state index contributed by atoms with van der Waals surface area (Å²) in [5.74, 6) is -0.0348. The maximum absolute atomic E-state index is 12.0. The third-order valence-electron chi connectivity index (χ3n) is 3.24. The fourth-order valence-corrected chi connectivity index (χ4v) is 2.19. The predicted molar refractivity (Wildman–Crippen MR) is 70.9 cm³/mol. The van der Waals surface area contributed by atoms with E-state index < -0.39 is 5.97 Å². The summed E-state index contributed by atoms with van der Waals surface area (Å²) in [7, 11) is 1.78. The number of rotatable bonds is 2. The van der Waals surface area contributed by atoms with Gasteiger partial charge in [0.2, 0.25) is 0 Å². The largest absolute Gasteiger partial charge is 0.427 e. The van der Waals surface area contributed by atoms with Gasteiger partial charge >= 0.3 is 5.97 Å². The lowest BCUT2D eigenvalue weighted by Gasteiger charge is -2.12. The van der Waals surface area contributed by atoms with Crippen molar-refractivity contribution in [3.8, 4) is 0 Å². The van der Waals surface area contributed by atoms with E-state index in [1.165, 1.54) is 6.08 Å². The highest BCUT2D eigenvalue weighted by Crippen LogP contribution is 2.19. The minimum absolute atomic E-state index is 0.00317. The van der Waals surface area contributed by atoms with Gasteiger partial charge in [-0.05, 0) is 24.6 Å². The third-order valence-corrected chi connectivity index (χ3v) is 3.24. The van der Waals surface area contributed by atoms with E-state index in [1.54, 1.807) is 29.9 Å². The van der Waals surface area contributed by atoms with Crippen molar-refractivity contribution in [3.63, 3.8) is 0 Å². The summed E-state index contributed by atoms with van der Waals surface area (Å²) in [6, 6.07) is 5.07. The molecule has 6 nitrogen and oxygen atoms in total. The van der Waals surface area contributed by atoms with Crippen LogP contribution in [0.3, 0.4) is 0 Å². The number of hydrogen-bond donors (Lipinski definition) is 0. The molecule has 0 spiro atoms. The quantitative estimate of drug-likeness (QED) is 0.778. The van der Waals surface area contributed by atoms with Crippen LogP contribution in [0, 0.1) is 0 Å². The molecule has 0 atom stereocenters. The van der Waals surface area contributed by atoms with E-state index in [0.717, 1.165) is 11.9 Å². The highest BCUT2D eigenvalue weighted by atomic mass is 16.5. The van der Waals surface area contributed by atoms with E-state index >= 15 is 0 Å². The number of allylic oxidation sites excluding steroid dienone is 2. The van der Waals surface area contributed by atoms with Crippen molar-refractivity contribution in [2.24, 2.45) is 7.05 Å². The molecule has 0 radical (unpaired) electrons. The van der Waals surface area contributed by atoms with E-state index in [-0.39, 0.29) is 5.78 Å². The van der Waals surface area contributed by atoms with E-state index in [4.69, 9.17) is 4.74 Å². The molecule has 0 aliphatic heterocycles. The molecule has 0 fully saturated rings. The number of aromatic nitrogens is 3. The summed E-state index contributed by atoms with van der Waals surface area (Å²) in [5, 5.41) is 7.84. The fraction of sp³-hybridized carbons (Fsp3) is 0.286. The standard InChI is InChI=1S/C14H13N3O3/c1-17-13-6-5-9(7-12(13)15-16-17)14(19)20-11-4-2-3-10(18)8-11/h5-8H,2-4H2,1H3. The second-order valence-electron chi connectivity index (χ2n) is 4.74. The molecule has 0 N–H and O–H groups in total. The fourth-order valence-electron chi connectivity index (χ4n) is 2.19. The zero-order chi connectivity index (χ0) is 14.1. The number of carbonyl (C=O) groups is 2. The van der Waals surface area contributed by atoms with Gasteiger partial charge in [-0.25, -0.2) is 9.48 Å². The Morgan fingerprint density at radius 2 is 2.20 bits per heavy atom. The molecule has 1 aromatic heterocycles. The SMILES string of the molecule is Cn1nnc2cc(C(=O)OC3=CC(=O)CCC3)ccc21. The summed E-state index contributed by atoms with van der Waals surface area (Å²) in [6.45, 7) is 0. The Labute approximate surface area is 115 Å². The van der Waals surface area contributed by atoms with Crippen LogP contribution in [-0.4, -0.2) is 26.7 Å². The molecule has 102 valence electrons. The number of ketones is 1. The van der Waals surface area contributed by atoms with Gasteiger partial charge in [0.1, 0.15) is 11.3 Å². The Hall–Kier alpha value is -2.50. The van der Waals surface area contributed by atoms with Gasteiger partial charge in [-0.2, -0.15) is 0 Å². The second-order valence-corrected chi connectivity index (χ2v) is 4.74. The molecule has 2 aromatic rings. The van der Waals surface area contributed by atoms with Crippen molar-refractivity contribution < 1.29 is 14.3 Å². The first kappa shape index (κ1) is 12.5. The zero-order valence-electron chi connectivity index (χ0n) is 11.0. The van der Waals surface area contributed by atoms with Gasteiger partial charge in [0.05, 0.1) is 11.1 Å². The molecule has 0 bridgehead atoms. The number of fused-ring (bicyclic) bond motifs is 1. The number of esters is 1. The first-order chi connectivity index (χ1) is 9.63. The summed E-state index contributed by atoms with van der Waals surface area (Å²) >= 11 is 0. The molecule has 20 heavy (non-hydrogen) atoms. The van der Waals surface area contributed by atoms with Gasteiger partial charge in [0.15, 0.2) is 5.78 Å². The smallest absolute Gasteiger partial charge is 0.343 e. The summed E-state index contributed by atoms with van der Waals surface area (Å²) in [6.07, 6.45) is 3.26. The van der Waals surface area contributed by atoms with E-state index in [0.29, 0.717) is 29.7 Å². The summed E-state index contributed by atoms with van der Waals surface area (Å²) < 4.78 is 6.88. The first-order valence-corrected chi connectivity index (χ1v) is 6.38. The van der Waals surface area contributed by atoms with Crippen molar-refractivity contribution in [1.82, 2.24) is 15.0 Å². The van der Waals surface area contributed by atoms with Crippen LogP contribution in [0.1, 0.15) is 29.6 Å². The Morgan fingerprint density at radius 1 is 1.35 bits per heavy atom. The number of aryl methyl sites for hydroxylation is 1. The van der Waals surface area contributed by atoms with Crippen LogP contribution in [0.2, 0.25) is 0 Å². The van der Waals surface area contributed by atoms with Crippen LogP contribution in [0.25, 0.3) is 11.0 Å². The second kappa shape index (κ2) is 4.88. The number of nitrogens with zero attached hydrogens (tertiary/aromatic N) is 3. The van der Waals surface area contributed by atoms with Gasteiger partial charge in [-0.15, -0.1) is 5.10 Å². The van der Waals surface area contributed by atoms with Crippen LogP contribution in [-0.2, 0) is 16.6 Å². The predicted octanol–water partition coefficient (Wildman–Crippen LogP) is 1.76. The highest BCUT2D eigenvalue weighted by Gasteiger charge is 2.16. The van der Waals surface area contributed by atoms with Gasteiger partial charge in [-0.1, -0.05) is 5.21 Å². The van der Waals surface area contributed by atoms with Crippen molar-refractivity contribution in [1.29, 1.82) is 0 Å². The van der Waals surface area contributed by atoms with E-state index in [9.17, 15) is 9.59 Å². The summed E-state index contributed by atoms with van der Waals surface area (Å²) in [5.41, 5.74) is 1.88. The minimum atomic E-state index is -0.474. The maximum Gasteiger partial charge on any atom is 0.343 e. The van der Waals surface area contributed by atoms with E-state index in [1.807, 2.05) is 0 Å². The topological polar surface area (TPSA) is 74.1 Å². The molecule has 0 saturated carbocycles. The lowest BCUT2D eigenvalue weighted by Crippen LogP contribution is -2.10. The van der Waals surface area contributed by atoms with Gasteiger partial charge in [0, 0.05) is 26.0 Å². The molecule has 3 rings (SSSR count). The van der Waals surface area contributed by atoms with Crippen LogP contribution >= 0.6 is 0 Å². The average molecular weight is 271 g/mol. The summed E-state index contributed by atoms with van der Waals surface area (Å²) in [4.78, 5) is 23.3. The molecular formula is C14H13N3O3. The molecule has 1 aliphatic rings. The Balaban J connectivity index is 1.83. The lowest BCUT2D eigenvalue weighted by atomic mass is 10.1. The highest BCUT2D eigenvalue weighted by molar-refractivity contribution is 5.95. The Morgan fingerprint density at radius 3 is 3.00 bits per heavy atom. The monoisotopic (exact) mass is 271 g/mol. The molecule has 1 aromatic carbocycles.